The van der Waals surface area contributed by atoms with Crippen LogP contribution < -0.4 is 0 Å². The smallest absolute Gasteiger partial charge is 0.0286 e. The quantitative estimate of drug-likeness (QED) is 0.321. The minimum atomic E-state index is 0.598. The van der Waals surface area contributed by atoms with E-state index in [1.165, 1.54) is 12.8 Å². The van der Waals surface area contributed by atoms with E-state index >= 15 is 0 Å². The van der Waals surface area contributed by atoms with Crippen LogP contribution in [-0.4, -0.2) is 6.54 Å². The molecule has 0 aliphatic heterocycles. The molecule has 0 radical (unpaired) electrons. The summed E-state index contributed by atoms with van der Waals surface area (Å²) in [7, 11) is 0. The zero-order chi connectivity index (χ0) is 7.82. The van der Waals surface area contributed by atoms with E-state index in [9.17, 15) is 0 Å². The van der Waals surface area contributed by atoms with Gasteiger partial charge in [0.1, 0.15) is 0 Å². The van der Waals surface area contributed by atoms with E-state index in [4.69, 9.17) is 5.53 Å². The maximum absolute atomic E-state index is 8.04. The molecule has 58 valence electrons. The Bertz CT molecular complexity index is 116. The Labute approximate surface area is 62.1 Å². The summed E-state index contributed by atoms with van der Waals surface area (Å²) in [6, 6.07) is 0. The van der Waals surface area contributed by atoms with Gasteiger partial charge in [0.25, 0.3) is 0 Å². The summed E-state index contributed by atoms with van der Waals surface area (Å²) in [6.07, 6.45) is 3.47. The van der Waals surface area contributed by atoms with Gasteiger partial charge in [-0.2, -0.15) is 0 Å². The number of azide groups is 1. The van der Waals surface area contributed by atoms with Crippen LogP contribution in [0, 0.1) is 5.92 Å². The Balaban J connectivity index is 3.48. The van der Waals surface area contributed by atoms with Gasteiger partial charge in [-0.25, -0.2) is 0 Å². The third-order valence-electron chi connectivity index (χ3n) is 1.68. The molecular formula is C7H15N3. The standard InChI is InChI=1S/C7H15N3/c1-3-5-7(4-2)6-9-10-8/h7H,3-6H2,1-2H3. The monoisotopic (exact) mass is 141 g/mol. The van der Waals surface area contributed by atoms with Crippen molar-refractivity contribution in [3.63, 3.8) is 0 Å². The van der Waals surface area contributed by atoms with Crippen molar-refractivity contribution in [2.45, 2.75) is 33.1 Å². The van der Waals surface area contributed by atoms with Crippen molar-refractivity contribution in [3.8, 4) is 0 Å². The Morgan fingerprint density at radius 3 is 2.60 bits per heavy atom. The second-order valence-corrected chi connectivity index (χ2v) is 2.48. The molecule has 1 atom stereocenters. The molecule has 10 heavy (non-hydrogen) atoms. The maximum atomic E-state index is 8.04. The first-order chi connectivity index (χ1) is 4.85. The summed E-state index contributed by atoms with van der Waals surface area (Å²) in [5.41, 5.74) is 8.04. The Morgan fingerprint density at radius 2 is 2.20 bits per heavy atom. The molecule has 0 heterocycles. The fourth-order valence-corrected chi connectivity index (χ4v) is 0.985. The minimum absolute atomic E-state index is 0.598. The molecule has 3 heteroatoms. The molecule has 0 spiro atoms. The molecule has 0 bridgehead atoms. The molecule has 0 N–H and O–H groups in total. The van der Waals surface area contributed by atoms with Gasteiger partial charge in [-0.1, -0.05) is 38.2 Å². The largest absolute Gasteiger partial charge is 0.0937 e. The van der Waals surface area contributed by atoms with E-state index in [2.05, 4.69) is 23.9 Å². The van der Waals surface area contributed by atoms with Crippen LogP contribution in [0.25, 0.3) is 10.4 Å². The predicted molar refractivity (Wildman–Crippen MR) is 42.7 cm³/mol. The molecule has 0 fully saturated rings. The second kappa shape index (κ2) is 6.43. The number of nitrogens with zero attached hydrogens (tertiary/aromatic N) is 3. The first-order valence-corrected chi connectivity index (χ1v) is 3.86. The molecule has 1 unspecified atom stereocenters. The fourth-order valence-electron chi connectivity index (χ4n) is 0.985. The van der Waals surface area contributed by atoms with Crippen molar-refractivity contribution < 1.29 is 0 Å². The lowest BCUT2D eigenvalue weighted by atomic mass is 10.0. The lowest BCUT2D eigenvalue weighted by Crippen LogP contribution is -2.01. The summed E-state index contributed by atoms with van der Waals surface area (Å²) >= 11 is 0. The summed E-state index contributed by atoms with van der Waals surface area (Å²) in [6.45, 7) is 4.95. The molecule has 0 aliphatic rings. The first kappa shape index (κ1) is 9.31. The van der Waals surface area contributed by atoms with Crippen molar-refractivity contribution in [1.29, 1.82) is 0 Å². The highest BCUT2D eigenvalue weighted by Crippen LogP contribution is 2.10. The van der Waals surface area contributed by atoms with Crippen molar-refractivity contribution in [2.24, 2.45) is 11.0 Å². The van der Waals surface area contributed by atoms with Crippen LogP contribution in [0.15, 0.2) is 5.11 Å². The normalized spacial score (nSPS) is 12.2. The number of hydrogen-bond acceptors (Lipinski definition) is 1. The molecule has 0 rings (SSSR count). The Kier molecular flexibility index (Phi) is 5.99. The molecule has 0 aromatic carbocycles. The van der Waals surface area contributed by atoms with Crippen molar-refractivity contribution >= 4 is 0 Å². The van der Waals surface area contributed by atoms with Gasteiger partial charge in [0.2, 0.25) is 0 Å². The average molecular weight is 141 g/mol. The third-order valence-corrected chi connectivity index (χ3v) is 1.68. The Morgan fingerprint density at radius 1 is 1.50 bits per heavy atom. The summed E-state index contributed by atoms with van der Waals surface area (Å²) in [5.74, 6) is 0.598. The van der Waals surface area contributed by atoms with E-state index in [-0.39, 0.29) is 0 Å². The van der Waals surface area contributed by atoms with Gasteiger partial charge >= 0.3 is 0 Å². The summed E-state index contributed by atoms with van der Waals surface area (Å²) in [4.78, 5) is 2.73. The lowest BCUT2D eigenvalue weighted by molar-refractivity contribution is 0.475. The molecule has 3 nitrogen and oxygen atoms in total. The van der Waals surface area contributed by atoms with E-state index in [0.717, 1.165) is 6.42 Å². The highest BCUT2D eigenvalue weighted by Gasteiger charge is 2.01. The number of rotatable bonds is 5. The molecule has 0 amide bonds. The average Bonchev–Trinajstić information content (AvgIpc) is 1.98. The van der Waals surface area contributed by atoms with Crippen molar-refractivity contribution in [1.82, 2.24) is 0 Å². The van der Waals surface area contributed by atoms with Crippen molar-refractivity contribution in [3.05, 3.63) is 10.4 Å². The van der Waals surface area contributed by atoms with E-state index < -0.39 is 0 Å². The van der Waals surface area contributed by atoms with Crippen LogP contribution in [0.4, 0.5) is 0 Å². The van der Waals surface area contributed by atoms with Gasteiger partial charge in [0.15, 0.2) is 0 Å². The zero-order valence-corrected chi connectivity index (χ0v) is 6.75. The SMILES string of the molecule is CCCC(CC)CN=[N+]=[N-]. The topological polar surface area (TPSA) is 48.8 Å². The number of hydrogen-bond donors (Lipinski definition) is 0. The molecule has 0 aromatic heterocycles. The van der Waals surface area contributed by atoms with Crippen molar-refractivity contribution in [2.75, 3.05) is 6.54 Å². The Hall–Kier alpha value is -0.690. The predicted octanol–water partition coefficient (Wildman–Crippen LogP) is 3.12. The van der Waals surface area contributed by atoms with Gasteiger partial charge in [0, 0.05) is 11.5 Å². The van der Waals surface area contributed by atoms with Gasteiger partial charge in [0.05, 0.1) is 0 Å². The van der Waals surface area contributed by atoms with E-state index in [1.54, 1.807) is 0 Å². The van der Waals surface area contributed by atoms with Crippen LogP contribution >= 0.6 is 0 Å². The van der Waals surface area contributed by atoms with E-state index in [1.807, 2.05) is 0 Å². The van der Waals surface area contributed by atoms with E-state index in [0.29, 0.717) is 12.5 Å². The molecule has 0 aliphatic carbocycles. The minimum Gasteiger partial charge on any atom is -0.0937 e. The highest BCUT2D eigenvalue weighted by atomic mass is 15.1. The van der Waals surface area contributed by atoms with Crippen LogP contribution in [0.5, 0.6) is 0 Å². The molecular weight excluding hydrogens is 126 g/mol. The molecule has 0 saturated carbocycles. The summed E-state index contributed by atoms with van der Waals surface area (Å²) < 4.78 is 0. The highest BCUT2D eigenvalue weighted by molar-refractivity contribution is 4.59. The van der Waals surface area contributed by atoms with Crippen LogP contribution in [0.3, 0.4) is 0 Å². The van der Waals surface area contributed by atoms with Gasteiger partial charge < -0.3 is 0 Å². The van der Waals surface area contributed by atoms with Gasteiger partial charge in [-0.05, 0) is 11.4 Å². The zero-order valence-electron chi connectivity index (χ0n) is 6.75. The molecule has 0 aromatic rings. The summed E-state index contributed by atoms with van der Waals surface area (Å²) in [5, 5.41) is 3.54. The second-order valence-electron chi connectivity index (χ2n) is 2.48. The lowest BCUT2D eigenvalue weighted by Gasteiger charge is -2.08. The van der Waals surface area contributed by atoms with Crippen LogP contribution in [0.1, 0.15) is 33.1 Å². The van der Waals surface area contributed by atoms with Gasteiger partial charge in [-0.3, -0.25) is 0 Å². The third kappa shape index (κ3) is 4.21. The van der Waals surface area contributed by atoms with Crippen LogP contribution in [0.2, 0.25) is 0 Å². The molecule has 0 saturated heterocycles. The fraction of sp³-hybridized carbons (Fsp3) is 1.00. The van der Waals surface area contributed by atoms with Gasteiger partial charge in [-0.15, -0.1) is 0 Å². The maximum Gasteiger partial charge on any atom is 0.0286 e. The van der Waals surface area contributed by atoms with Crippen LogP contribution in [-0.2, 0) is 0 Å². The first-order valence-electron chi connectivity index (χ1n) is 3.86.